The van der Waals surface area contributed by atoms with Gasteiger partial charge in [0.2, 0.25) is 0 Å². The highest BCUT2D eigenvalue weighted by Crippen LogP contribution is 2.42. The second kappa shape index (κ2) is 12.4. The Morgan fingerprint density at radius 1 is 0.408 bits per heavy atom. The Hall–Kier alpha value is -6.23. The van der Waals surface area contributed by atoms with Gasteiger partial charge in [-0.2, -0.15) is 0 Å². The standard InChI is InChI=1S/C45H29N3S/c1-4-13-30(14-5-1)32-23-25-34(26-24-32)43-46-44(36-20-12-19-35(27-36)31-15-6-2-7-16-31)48-45(47-43)37-28-39(33-17-8-3-9-18-33)42-40(29-37)38-21-10-11-22-41(38)49-42/h1-29H/i3D,8D,9D,10D,11D,17D,18D,21D,22D,28D,29D. The second-order valence-electron chi connectivity index (χ2n) is 11.2. The van der Waals surface area contributed by atoms with Gasteiger partial charge in [-0.05, 0) is 52.0 Å². The molecule has 0 saturated carbocycles. The fraction of sp³-hybridized carbons (Fsp3) is 0. The summed E-state index contributed by atoms with van der Waals surface area (Å²) in [7, 11) is 0. The van der Waals surface area contributed by atoms with E-state index in [1.807, 2.05) is 109 Å². The van der Waals surface area contributed by atoms with E-state index in [2.05, 4.69) is 0 Å². The highest BCUT2D eigenvalue weighted by molar-refractivity contribution is 7.26. The lowest BCUT2D eigenvalue weighted by molar-refractivity contribution is 1.07. The third-order valence-electron chi connectivity index (χ3n) is 8.15. The zero-order valence-electron chi connectivity index (χ0n) is 36.6. The van der Waals surface area contributed by atoms with Crippen LogP contribution in [0.1, 0.15) is 15.1 Å². The van der Waals surface area contributed by atoms with Crippen molar-refractivity contribution < 1.29 is 15.1 Å². The van der Waals surface area contributed by atoms with Crippen molar-refractivity contribution in [2.75, 3.05) is 0 Å². The van der Waals surface area contributed by atoms with Crippen molar-refractivity contribution in [2.24, 2.45) is 0 Å². The maximum absolute atomic E-state index is 9.80. The van der Waals surface area contributed by atoms with Gasteiger partial charge in [-0.15, -0.1) is 11.3 Å². The van der Waals surface area contributed by atoms with Crippen molar-refractivity contribution in [1.29, 1.82) is 0 Å². The summed E-state index contributed by atoms with van der Waals surface area (Å²) in [5.74, 6) is 0.290. The van der Waals surface area contributed by atoms with Crippen LogP contribution in [0.15, 0.2) is 176 Å². The van der Waals surface area contributed by atoms with Crippen LogP contribution in [0.2, 0.25) is 0 Å². The Kier molecular flexibility index (Phi) is 4.96. The first-order valence-electron chi connectivity index (χ1n) is 21.0. The van der Waals surface area contributed by atoms with Gasteiger partial charge in [-0.3, -0.25) is 0 Å². The molecule has 0 aliphatic rings. The molecule has 0 bridgehead atoms. The smallest absolute Gasteiger partial charge is 0.164 e. The summed E-state index contributed by atoms with van der Waals surface area (Å²) in [5.41, 5.74) is 4.35. The summed E-state index contributed by atoms with van der Waals surface area (Å²) in [4.78, 5) is 14.7. The molecular formula is C45H29N3S. The average molecular weight is 655 g/mol. The van der Waals surface area contributed by atoms with Gasteiger partial charge in [0.1, 0.15) is 0 Å². The van der Waals surface area contributed by atoms with E-state index in [1.165, 1.54) is 0 Å². The molecule has 0 spiro atoms. The topological polar surface area (TPSA) is 38.7 Å². The first-order valence-corrected chi connectivity index (χ1v) is 16.3. The Morgan fingerprint density at radius 3 is 1.69 bits per heavy atom. The highest BCUT2D eigenvalue weighted by Gasteiger charge is 2.18. The van der Waals surface area contributed by atoms with E-state index in [1.54, 1.807) is 0 Å². The molecule has 9 aromatic rings. The number of hydrogen-bond donors (Lipinski definition) is 0. The Morgan fingerprint density at radius 2 is 0.959 bits per heavy atom. The predicted molar refractivity (Wildman–Crippen MR) is 205 cm³/mol. The van der Waals surface area contributed by atoms with Gasteiger partial charge in [0.05, 0.1) is 15.1 Å². The van der Waals surface area contributed by atoms with Crippen LogP contribution in [0.25, 0.3) is 87.7 Å². The summed E-state index contributed by atoms with van der Waals surface area (Å²) >= 11 is 0.871. The molecule has 230 valence electrons. The van der Waals surface area contributed by atoms with Crippen molar-refractivity contribution in [3.8, 4) is 67.5 Å². The number of thiophene rings is 1. The third-order valence-corrected chi connectivity index (χ3v) is 9.27. The van der Waals surface area contributed by atoms with Gasteiger partial charge in [0, 0.05) is 42.4 Å². The summed E-state index contributed by atoms with van der Waals surface area (Å²) in [6.07, 6.45) is 0. The summed E-state index contributed by atoms with van der Waals surface area (Å²) < 4.78 is 97.6. The summed E-state index contributed by atoms with van der Waals surface area (Å²) in [6, 6.07) is 29.1. The first-order chi connectivity index (χ1) is 28.8. The molecule has 0 aliphatic heterocycles. The zero-order valence-corrected chi connectivity index (χ0v) is 26.5. The zero-order chi connectivity index (χ0) is 42.1. The van der Waals surface area contributed by atoms with Crippen LogP contribution in [0.5, 0.6) is 0 Å². The minimum absolute atomic E-state index is 0.00225. The number of hydrogen-bond acceptors (Lipinski definition) is 4. The van der Waals surface area contributed by atoms with Gasteiger partial charge in [-0.1, -0.05) is 151 Å². The minimum Gasteiger partial charge on any atom is -0.208 e. The fourth-order valence-electron chi connectivity index (χ4n) is 5.77. The van der Waals surface area contributed by atoms with Gasteiger partial charge in [0.15, 0.2) is 17.5 Å². The van der Waals surface area contributed by atoms with Crippen LogP contribution in [-0.2, 0) is 0 Å². The van der Waals surface area contributed by atoms with Crippen molar-refractivity contribution >= 4 is 31.5 Å². The maximum atomic E-state index is 9.80. The largest absolute Gasteiger partial charge is 0.208 e. The van der Waals surface area contributed by atoms with Gasteiger partial charge >= 0.3 is 0 Å². The summed E-state index contributed by atoms with van der Waals surface area (Å²) in [6.45, 7) is 0. The normalized spacial score (nSPS) is 14.4. The lowest BCUT2D eigenvalue weighted by atomic mass is 9.99. The Balaban J connectivity index is 1.39. The molecule has 3 nitrogen and oxygen atoms in total. The second-order valence-corrected chi connectivity index (χ2v) is 12.2. The molecule has 0 radical (unpaired) electrons. The van der Waals surface area contributed by atoms with E-state index in [4.69, 9.17) is 27.3 Å². The molecule has 2 heterocycles. The van der Waals surface area contributed by atoms with Crippen LogP contribution in [0.3, 0.4) is 0 Å². The molecule has 7 aromatic carbocycles. The average Bonchev–Trinajstić information content (AvgIpc) is 3.69. The molecule has 0 aliphatic carbocycles. The molecular weight excluding hydrogens is 615 g/mol. The van der Waals surface area contributed by atoms with E-state index in [0.29, 0.717) is 11.1 Å². The molecule has 2 aromatic heterocycles. The fourth-order valence-corrected chi connectivity index (χ4v) is 6.84. The van der Waals surface area contributed by atoms with Crippen molar-refractivity contribution in [1.82, 2.24) is 15.0 Å². The number of aromatic nitrogens is 3. The molecule has 0 fully saturated rings. The van der Waals surface area contributed by atoms with Crippen LogP contribution in [-0.4, -0.2) is 15.0 Å². The Labute approximate surface area is 304 Å². The van der Waals surface area contributed by atoms with E-state index in [-0.39, 0.29) is 66.4 Å². The predicted octanol–water partition coefficient (Wildman–Crippen LogP) is 12.2. The molecule has 0 N–H and O–H groups in total. The monoisotopic (exact) mass is 654 g/mol. The van der Waals surface area contributed by atoms with E-state index in [9.17, 15) is 2.74 Å². The lowest BCUT2D eigenvalue weighted by Crippen LogP contribution is -2.00. The molecule has 0 unspecified atom stereocenters. The van der Waals surface area contributed by atoms with Crippen LogP contribution in [0.4, 0.5) is 0 Å². The molecule has 4 heteroatoms. The van der Waals surface area contributed by atoms with E-state index >= 15 is 0 Å². The number of benzene rings is 7. The molecule has 49 heavy (non-hydrogen) atoms. The quantitative estimate of drug-likeness (QED) is 0.179. The minimum atomic E-state index is -0.637. The lowest BCUT2D eigenvalue weighted by Gasteiger charge is -2.12. The molecule has 0 atom stereocenters. The van der Waals surface area contributed by atoms with Crippen molar-refractivity contribution in [2.45, 2.75) is 0 Å². The Bertz CT molecular complexity index is 3180. The van der Waals surface area contributed by atoms with Gasteiger partial charge < -0.3 is 0 Å². The maximum Gasteiger partial charge on any atom is 0.164 e. The first kappa shape index (κ1) is 19.6. The molecule has 9 rings (SSSR count). The van der Waals surface area contributed by atoms with Crippen LogP contribution >= 0.6 is 11.3 Å². The van der Waals surface area contributed by atoms with Gasteiger partial charge in [-0.25, -0.2) is 15.0 Å². The number of fused-ring (bicyclic) bond motifs is 3. The number of nitrogens with zero attached hydrogens (tertiary/aromatic N) is 3. The molecule has 0 saturated heterocycles. The van der Waals surface area contributed by atoms with Crippen molar-refractivity contribution in [3.05, 3.63) is 176 Å². The summed E-state index contributed by atoms with van der Waals surface area (Å²) in [5, 5.41) is 0.0130. The van der Waals surface area contributed by atoms with Crippen LogP contribution < -0.4 is 0 Å². The van der Waals surface area contributed by atoms with E-state index in [0.717, 1.165) is 33.6 Å². The molecule has 0 amide bonds. The van der Waals surface area contributed by atoms with Gasteiger partial charge in [0.25, 0.3) is 0 Å². The van der Waals surface area contributed by atoms with Crippen molar-refractivity contribution in [3.63, 3.8) is 0 Å². The number of rotatable bonds is 6. The third kappa shape index (κ3) is 5.58. The van der Waals surface area contributed by atoms with Crippen LogP contribution in [0, 0.1) is 0 Å². The van der Waals surface area contributed by atoms with E-state index < -0.39 is 54.4 Å². The SMILES string of the molecule is [2H]c1c([2H])c([2H])c(-c2c([2H])c(-c3nc(-c4ccc(-c5ccccc5)cc4)nc(-c4cccc(-c5ccccc5)c4)n3)c([2H])c3c2sc2c([2H])c([2H])c([2H])c([2H])c23)c([2H])c1[2H]. The highest BCUT2D eigenvalue weighted by atomic mass is 32.1.